The highest BCUT2D eigenvalue weighted by atomic mass is 32.1. The van der Waals surface area contributed by atoms with Crippen molar-refractivity contribution in [2.45, 2.75) is 13.5 Å². The lowest BCUT2D eigenvalue weighted by Gasteiger charge is -2.11. The monoisotopic (exact) mass is 376 g/mol. The van der Waals surface area contributed by atoms with Gasteiger partial charge in [0.25, 0.3) is 5.56 Å². The summed E-state index contributed by atoms with van der Waals surface area (Å²) in [5.74, 6) is 0.221. The fourth-order valence-electron chi connectivity index (χ4n) is 2.91. The van der Waals surface area contributed by atoms with E-state index in [9.17, 15) is 9.59 Å². The number of carbonyl (C=O) groups is 1. The van der Waals surface area contributed by atoms with Crippen LogP contribution in [0, 0.1) is 6.92 Å². The molecule has 0 aliphatic rings. The number of fused-ring (bicyclic) bond motifs is 1. The van der Waals surface area contributed by atoms with Crippen molar-refractivity contribution in [3.05, 3.63) is 76.3 Å². The molecule has 0 saturated heterocycles. The van der Waals surface area contributed by atoms with E-state index in [4.69, 9.17) is 0 Å². The highest BCUT2D eigenvalue weighted by Crippen LogP contribution is 2.24. The molecule has 0 spiro atoms. The summed E-state index contributed by atoms with van der Waals surface area (Å²) >= 11 is 1.53. The van der Waals surface area contributed by atoms with Gasteiger partial charge in [-0.2, -0.15) is 0 Å². The second-order valence-electron chi connectivity index (χ2n) is 6.03. The molecule has 0 aliphatic carbocycles. The highest BCUT2D eigenvalue weighted by molar-refractivity contribution is 7.13. The lowest BCUT2D eigenvalue weighted by atomic mass is 10.2. The first kappa shape index (κ1) is 17.1. The van der Waals surface area contributed by atoms with Gasteiger partial charge in [0.2, 0.25) is 5.91 Å². The summed E-state index contributed by atoms with van der Waals surface area (Å²) < 4.78 is 1.39. The molecular weight excluding hydrogens is 360 g/mol. The summed E-state index contributed by atoms with van der Waals surface area (Å²) in [7, 11) is 0. The van der Waals surface area contributed by atoms with Crippen LogP contribution in [0.25, 0.3) is 21.5 Å². The SMILES string of the molecule is Cc1nc2ccccc2c(=O)n1CC(=O)Nc1cccc(-c2nccs2)c1. The van der Waals surface area contributed by atoms with Crippen molar-refractivity contribution in [1.82, 2.24) is 14.5 Å². The zero-order chi connectivity index (χ0) is 18.8. The number of thiazole rings is 1. The molecule has 0 bridgehead atoms. The molecule has 0 unspecified atom stereocenters. The van der Waals surface area contributed by atoms with E-state index in [1.165, 1.54) is 15.9 Å². The molecule has 134 valence electrons. The first-order chi connectivity index (χ1) is 13.1. The van der Waals surface area contributed by atoms with E-state index in [1.807, 2.05) is 35.7 Å². The summed E-state index contributed by atoms with van der Waals surface area (Å²) in [4.78, 5) is 33.9. The minimum atomic E-state index is -0.284. The van der Waals surface area contributed by atoms with Gasteiger partial charge in [-0.05, 0) is 31.2 Å². The lowest BCUT2D eigenvalue weighted by molar-refractivity contribution is -0.116. The van der Waals surface area contributed by atoms with Gasteiger partial charge < -0.3 is 5.32 Å². The number of carbonyl (C=O) groups excluding carboxylic acids is 1. The number of anilines is 1. The van der Waals surface area contributed by atoms with Crippen molar-refractivity contribution >= 4 is 33.8 Å². The Bertz CT molecular complexity index is 1180. The van der Waals surface area contributed by atoms with E-state index in [0.29, 0.717) is 22.4 Å². The van der Waals surface area contributed by atoms with Crippen LogP contribution >= 0.6 is 11.3 Å². The van der Waals surface area contributed by atoms with E-state index in [-0.39, 0.29) is 18.0 Å². The number of aryl methyl sites for hydroxylation is 1. The Hall–Kier alpha value is -3.32. The van der Waals surface area contributed by atoms with Crippen LogP contribution in [0.3, 0.4) is 0 Å². The average Bonchev–Trinajstić information content (AvgIpc) is 3.20. The Balaban J connectivity index is 1.58. The summed E-state index contributed by atoms with van der Waals surface area (Å²) in [6.45, 7) is 1.63. The van der Waals surface area contributed by atoms with Gasteiger partial charge in [0.1, 0.15) is 17.4 Å². The number of hydrogen-bond acceptors (Lipinski definition) is 5. The van der Waals surface area contributed by atoms with Crippen molar-refractivity contribution in [1.29, 1.82) is 0 Å². The Labute approximate surface area is 159 Å². The smallest absolute Gasteiger partial charge is 0.261 e. The number of amides is 1. The second-order valence-corrected chi connectivity index (χ2v) is 6.93. The zero-order valence-electron chi connectivity index (χ0n) is 14.5. The second kappa shape index (κ2) is 7.13. The average molecular weight is 376 g/mol. The maximum atomic E-state index is 12.7. The third kappa shape index (κ3) is 3.50. The molecular formula is C20H16N4O2S. The fraction of sp³-hybridized carbons (Fsp3) is 0.100. The maximum absolute atomic E-state index is 12.7. The standard InChI is InChI=1S/C20H16N4O2S/c1-13-22-17-8-3-2-7-16(17)20(26)24(13)12-18(25)23-15-6-4-5-14(11-15)19-21-9-10-27-19/h2-11H,12H2,1H3,(H,23,25). The summed E-state index contributed by atoms with van der Waals surface area (Å²) in [6, 6.07) is 14.6. The molecule has 4 aromatic rings. The minimum absolute atomic E-state index is 0.0933. The Morgan fingerprint density at radius 2 is 2.04 bits per heavy atom. The predicted octanol–water partition coefficient (Wildman–Crippen LogP) is 3.47. The van der Waals surface area contributed by atoms with Crippen LogP contribution in [-0.2, 0) is 11.3 Å². The van der Waals surface area contributed by atoms with Gasteiger partial charge in [-0.25, -0.2) is 9.97 Å². The third-order valence-corrected chi connectivity index (χ3v) is 5.00. The van der Waals surface area contributed by atoms with E-state index < -0.39 is 0 Å². The molecule has 0 atom stereocenters. The molecule has 6 nitrogen and oxygen atoms in total. The summed E-state index contributed by atoms with van der Waals surface area (Å²) in [5, 5.41) is 6.14. The first-order valence-electron chi connectivity index (χ1n) is 8.38. The van der Waals surface area contributed by atoms with Gasteiger partial charge in [0.05, 0.1) is 10.9 Å². The number of para-hydroxylation sites is 1. The van der Waals surface area contributed by atoms with Crippen molar-refractivity contribution in [3.8, 4) is 10.6 Å². The van der Waals surface area contributed by atoms with Gasteiger partial charge in [-0.15, -0.1) is 11.3 Å². The molecule has 2 heterocycles. The maximum Gasteiger partial charge on any atom is 0.261 e. The van der Waals surface area contributed by atoms with Gasteiger partial charge in [0.15, 0.2) is 0 Å². The topological polar surface area (TPSA) is 76.9 Å². The Morgan fingerprint density at radius 3 is 2.85 bits per heavy atom. The van der Waals surface area contributed by atoms with Crippen LogP contribution in [0.2, 0.25) is 0 Å². The summed E-state index contributed by atoms with van der Waals surface area (Å²) in [5.41, 5.74) is 2.01. The molecule has 0 radical (unpaired) electrons. The van der Waals surface area contributed by atoms with Crippen molar-refractivity contribution < 1.29 is 4.79 Å². The van der Waals surface area contributed by atoms with Gasteiger partial charge >= 0.3 is 0 Å². The zero-order valence-corrected chi connectivity index (χ0v) is 15.4. The number of rotatable bonds is 4. The van der Waals surface area contributed by atoms with Crippen LogP contribution in [-0.4, -0.2) is 20.4 Å². The van der Waals surface area contributed by atoms with Crippen molar-refractivity contribution in [2.75, 3.05) is 5.32 Å². The Morgan fingerprint density at radius 1 is 1.19 bits per heavy atom. The van der Waals surface area contributed by atoms with Crippen LogP contribution in [0.5, 0.6) is 0 Å². The lowest BCUT2D eigenvalue weighted by Crippen LogP contribution is -2.30. The molecule has 4 rings (SSSR count). The predicted molar refractivity (Wildman–Crippen MR) is 107 cm³/mol. The first-order valence-corrected chi connectivity index (χ1v) is 9.26. The van der Waals surface area contributed by atoms with Crippen molar-refractivity contribution in [2.24, 2.45) is 0 Å². The number of hydrogen-bond donors (Lipinski definition) is 1. The molecule has 0 saturated carbocycles. The number of aromatic nitrogens is 3. The van der Waals surface area contributed by atoms with E-state index in [2.05, 4.69) is 15.3 Å². The highest BCUT2D eigenvalue weighted by Gasteiger charge is 2.12. The molecule has 0 fully saturated rings. The molecule has 0 aliphatic heterocycles. The van der Waals surface area contributed by atoms with Crippen LogP contribution in [0.4, 0.5) is 5.69 Å². The molecule has 27 heavy (non-hydrogen) atoms. The minimum Gasteiger partial charge on any atom is -0.325 e. The van der Waals surface area contributed by atoms with Crippen LogP contribution in [0.15, 0.2) is 64.9 Å². The number of nitrogens with one attached hydrogen (secondary N) is 1. The van der Waals surface area contributed by atoms with Gasteiger partial charge in [0, 0.05) is 22.8 Å². The molecule has 2 aromatic heterocycles. The molecule has 1 amide bonds. The Kier molecular flexibility index (Phi) is 4.52. The van der Waals surface area contributed by atoms with Gasteiger partial charge in [-0.3, -0.25) is 14.2 Å². The number of benzene rings is 2. The van der Waals surface area contributed by atoms with Crippen LogP contribution in [0.1, 0.15) is 5.82 Å². The largest absolute Gasteiger partial charge is 0.325 e. The third-order valence-electron chi connectivity index (χ3n) is 4.18. The van der Waals surface area contributed by atoms with Crippen molar-refractivity contribution in [3.63, 3.8) is 0 Å². The number of nitrogens with zero attached hydrogens (tertiary/aromatic N) is 3. The molecule has 2 aromatic carbocycles. The quantitative estimate of drug-likeness (QED) is 0.592. The fourth-order valence-corrected chi connectivity index (χ4v) is 3.54. The normalized spacial score (nSPS) is 10.9. The summed E-state index contributed by atoms with van der Waals surface area (Å²) in [6.07, 6.45) is 1.74. The van der Waals surface area contributed by atoms with E-state index in [1.54, 1.807) is 31.3 Å². The van der Waals surface area contributed by atoms with E-state index in [0.717, 1.165) is 10.6 Å². The van der Waals surface area contributed by atoms with Gasteiger partial charge in [-0.1, -0.05) is 24.3 Å². The molecule has 1 N–H and O–H groups in total. The van der Waals surface area contributed by atoms with E-state index >= 15 is 0 Å². The molecule has 7 heteroatoms. The van der Waals surface area contributed by atoms with Crippen LogP contribution < -0.4 is 10.9 Å².